The predicted molar refractivity (Wildman–Crippen MR) is 114 cm³/mol. The fraction of sp³-hybridized carbons (Fsp3) is 0.409. The van der Waals surface area contributed by atoms with E-state index in [4.69, 9.17) is 21.1 Å². The summed E-state index contributed by atoms with van der Waals surface area (Å²) in [5.41, 5.74) is 3.42. The third-order valence-corrected chi connectivity index (χ3v) is 5.13. The first-order valence-corrected chi connectivity index (χ1v) is 10.1. The lowest BCUT2D eigenvalue weighted by Gasteiger charge is -2.22. The summed E-state index contributed by atoms with van der Waals surface area (Å²) in [5.74, 6) is 0.742. The Balaban J connectivity index is 1.42. The zero-order chi connectivity index (χ0) is 19.6. The normalized spacial score (nSPS) is 15.4. The van der Waals surface area contributed by atoms with Gasteiger partial charge in [-0.05, 0) is 35.6 Å². The van der Waals surface area contributed by atoms with Gasteiger partial charge >= 0.3 is 0 Å². The van der Waals surface area contributed by atoms with Crippen molar-refractivity contribution in [3.05, 3.63) is 70.2 Å². The number of rotatable bonds is 7. The quantitative estimate of drug-likeness (QED) is 0.545. The maximum atomic E-state index is 6.20. The van der Waals surface area contributed by atoms with Crippen molar-refractivity contribution in [1.82, 2.24) is 10.6 Å². The van der Waals surface area contributed by atoms with Gasteiger partial charge in [0.1, 0.15) is 0 Å². The first kappa shape index (κ1) is 20.6. The van der Waals surface area contributed by atoms with Crippen molar-refractivity contribution in [3.63, 3.8) is 0 Å². The molecular formula is C22H28ClN3O2. The van der Waals surface area contributed by atoms with Crippen LogP contribution in [0, 0.1) is 0 Å². The molecule has 6 heteroatoms. The van der Waals surface area contributed by atoms with E-state index < -0.39 is 0 Å². The number of guanidine groups is 1. The monoisotopic (exact) mass is 401 g/mol. The number of hydrogen-bond donors (Lipinski definition) is 2. The van der Waals surface area contributed by atoms with Gasteiger partial charge < -0.3 is 20.1 Å². The minimum Gasteiger partial charge on any atom is -0.381 e. The molecule has 0 amide bonds. The molecule has 0 unspecified atom stereocenters. The fourth-order valence-corrected chi connectivity index (χ4v) is 3.24. The summed E-state index contributed by atoms with van der Waals surface area (Å²) in [6.45, 7) is 3.59. The predicted octanol–water partition coefficient (Wildman–Crippen LogP) is 3.90. The number of benzene rings is 2. The Morgan fingerprint density at radius 3 is 2.43 bits per heavy atom. The van der Waals surface area contributed by atoms with Crippen molar-refractivity contribution in [2.75, 3.05) is 20.3 Å². The highest BCUT2D eigenvalue weighted by atomic mass is 35.5. The van der Waals surface area contributed by atoms with Crippen molar-refractivity contribution in [2.45, 2.75) is 38.6 Å². The summed E-state index contributed by atoms with van der Waals surface area (Å²) < 4.78 is 11.3. The molecule has 0 spiro atoms. The highest BCUT2D eigenvalue weighted by Crippen LogP contribution is 2.15. The van der Waals surface area contributed by atoms with Gasteiger partial charge in [-0.2, -0.15) is 0 Å². The second-order valence-electron chi connectivity index (χ2n) is 6.81. The molecule has 1 aliphatic rings. The third-order valence-electron chi connectivity index (χ3n) is 4.76. The Morgan fingerprint density at radius 1 is 1.04 bits per heavy atom. The third kappa shape index (κ3) is 6.51. The standard InChI is InChI=1S/C22H28ClN3O2/c1-24-22(26-15-19-4-2-3-5-21(19)23)25-14-17-6-8-18(9-7-17)16-28-20-10-12-27-13-11-20/h2-9,20H,10-16H2,1H3,(H2,24,25,26). The lowest BCUT2D eigenvalue weighted by molar-refractivity contribution is -0.0390. The molecule has 150 valence electrons. The van der Waals surface area contributed by atoms with Crippen LogP contribution in [-0.2, 0) is 29.2 Å². The number of aliphatic imine (C=N–C) groups is 1. The van der Waals surface area contributed by atoms with Gasteiger partial charge in [-0.25, -0.2) is 0 Å². The van der Waals surface area contributed by atoms with Crippen molar-refractivity contribution in [3.8, 4) is 0 Å². The molecule has 2 aromatic rings. The van der Waals surface area contributed by atoms with E-state index >= 15 is 0 Å². The average molecular weight is 402 g/mol. The van der Waals surface area contributed by atoms with Gasteiger partial charge in [0.25, 0.3) is 0 Å². The van der Waals surface area contributed by atoms with Gasteiger partial charge in [-0.3, -0.25) is 4.99 Å². The van der Waals surface area contributed by atoms with Crippen molar-refractivity contribution >= 4 is 17.6 Å². The van der Waals surface area contributed by atoms with E-state index in [1.165, 1.54) is 11.1 Å². The van der Waals surface area contributed by atoms with Gasteiger partial charge in [0, 0.05) is 38.4 Å². The van der Waals surface area contributed by atoms with Crippen LogP contribution in [0.4, 0.5) is 0 Å². The summed E-state index contributed by atoms with van der Waals surface area (Å²) >= 11 is 6.20. The first-order valence-electron chi connectivity index (χ1n) is 9.69. The Hall–Kier alpha value is -2.08. The maximum Gasteiger partial charge on any atom is 0.191 e. The molecule has 0 bridgehead atoms. The van der Waals surface area contributed by atoms with Gasteiger partial charge in [-0.1, -0.05) is 54.1 Å². The molecule has 5 nitrogen and oxygen atoms in total. The number of nitrogens with zero attached hydrogens (tertiary/aromatic N) is 1. The molecule has 3 rings (SSSR count). The molecule has 0 aliphatic carbocycles. The Kier molecular flexibility index (Phi) is 8.15. The highest BCUT2D eigenvalue weighted by molar-refractivity contribution is 6.31. The molecule has 0 aromatic heterocycles. The van der Waals surface area contributed by atoms with Crippen LogP contribution < -0.4 is 10.6 Å². The lowest BCUT2D eigenvalue weighted by Crippen LogP contribution is -2.36. The van der Waals surface area contributed by atoms with Gasteiger partial charge in [0.05, 0.1) is 12.7 Å². The topological polar surface area (TPSA) is 54.9 Å². The van der Waals surface area contributed by atoms with Crippen LogP contribution in [0.1, 0.15) is 29.5 Å². The van der Waals surface area contributed by atoms with Crippen molar-refractivity contribution < 1.29 is 9.47 Å². The van der Waals surface area contributed by atoms with Crippen LogP contribution in [0.25, 0.3) is 0 Å². The van der Waals surface area contributed by atoms with Crippen LogP contribution >= 0.6 is 11.6 Å². The molecule has 0 radical (unpaired) electrons. The highest BCUT2D eigenvalue weighted by Gasteiger charge is 2.13. The van der Waals surface area contributed by atoms with Gasteiger partial charge in [-0.15, -0.1) is 0 Å². The zero-order valence-corrected chi connectivity index (χ0v) is 17.0. The molecule has 2 N–H and O–H groups in total. The molecule has 2 aromatic carbocycles. The van der Waals surface area contributed by atoms with E-state index in [-0.39, 0.29) is 0 Å². The second-order valence-corrected chi connectivity index (χ2v) is 7.22. The fourth-order valence-electron chi connectivity index (χ4n) is 3.04. The maximum absolute atomic E-state index is 6.20. The first-order chi connectivity index (χ1) is 13.7. The average Bonchev–Trinajstić information content (AvgIpc) is 2.75. The Bertz CT molecular complexity index is 759. The minimum absolute atomic E-state index is 0.322. The molecule has 1 saturated heterocycles. The number of ether oxygens (including phenoxy) is 2. The van der Waals surface area contributed by atoms with Crippen LogP contribution in [0.2, 0.25) is 5.02 Å². The molecule has 1 fully saturated rings. The molecular weight excluding hydrogens is 374 g/mol. The van der Waals surface area contributed by atoms with Crippen LogP contribution in [0.15, 0.2) is 53.5 Å². The van der Waals surface area contributed by atoms with Gasteiger partial charge in [0.2, 0.25) is 0 Å². The molecule has 0 saturated carbocycles. The molecule has 1 aliphatic heterocycles. The molecule has 28 heavy (non-hydrogen) atoms. The summed E-state index contributed by atoms with van der Waals surface area (Å²) in [5, 5.41) is 7.37. The SMILES string of the molecule is CN=C(NCc1ccc(COC2CCOCC2)cc1)NCc1ccccc1Cl. The minimum atomic E-state index is 0.322. The second kappa shape index (κ2) is 11.1. The van der Waals surface area contributed by atoms with E-state index in [0.29, 0.717) is 25.8 Å². The Morgan fingerprint density at radius 2 is 1.71 bits per heavy atom. The number of nitrogens with one attached hydrogen (secondary N) is 2. The number of hydrogen-bond acceptors (Lipinski definition) is 3. The zero-order valence-electron chi connectivity index (χ0n) is 16.3. The van der Waals surface area contributed by atoms with E-state index in [2.05, 4.69) is 39.9 Å². The van der Waals surface area contributed by atoms with Crippen LogP contribution in [-0.4, -0.2) is 32.3 Å². The smallest absolute Gasteiger partial charge is 0.191 e. The van der Waals surface area contributed by atoms with Crippen molar-refractivity contribution in [2.24, 2.45) is 4.99 Å². The lowest BCUT2D eigenvalue weighted by atomic mass is 10.1. The largest absolute Gasteiger partial charge is 0.381 e. The summed E-state index contributed by atoms with van der Waals surface area (Å²) in [6, 6.07) is 16.3. The van der Waals surface area contributed by atoms with Crippen molar-refractivity contribution in [1.29, 1.82) is 0 Å². The van der Waals surface area contributed by atoms with E-state index in [0.717, 1.165) is 42.6 Å². The number of halogens is 1. The van der Waals surface area contributed by atoms with Gasteiger partial charge in [0.15, 0.2) is 5.96 Å². The van der Waals surface area contributed by atoms with E-state index in [1.807, 2.05) is 24.3 Å². The summed E-state index contributed by atoms with van der Waals surface area (Å²) in [7, 11) is 1.76. The van der Waals surface area contributed by atoms with E-state index in [1.54, 1.807) is 7.05 Å². The van der Waals surface area contributed by atoms with Crippen LogP contribution in [0.3, 0.4) is 0 Å². The summed E-state index contributed by atoms with van der Waals surface area (Å²) in [6.07, 6.45) is 2.30. The van der Waals surface area contributed by atoms with E-state index in [9.17, 15) is 0 Å². The molecule has 1 heterocycles. The Labute approximate surface area is 172 Å². The van der Waals surface area contributed by atoms with Crippen LogP contribution in [0.5, 0.6) is 0 Å². The molecule has 0 atom stereocenters. The summed E-state index contributed by atoms with van der Waals surface area (Å²) in [4.78, 5) is 4.27.